The van der Waals surface area contributed by atoms with Crippen LogP contribution in [0.4, 0.5) is 4.79 Å². The van der Waals surface area contributed by atoms with E-state index in [1.165, 1.54) is 23.1 Å². The number of carbonyl (C=O) groups is 5. The van der Waals surface area contributed by atoms with Crippen molar-refractivity contribution in [2.45, 2.75) is 51.3 Å². The second-order valence-electron chi connectivity index (χ2n) is 10.9. The molecule has 7 N–H and O–H groups in total. The maximum atomic E-state index is 13.4. The summed E-state index contributed by atoms with van der Waals surface area (Å²) in [7, 11) is 0. The Morgan fingerprint density at radius 3 is 2.60 bits per heavy atom. The number of amides is 5. The maximum Gasteiger partial charge on any atom is 0.407 e. The van der Waals surface area contributed by atoms with Crippen molar-refractivity contribution in [2.75, 3.05) is 19.6 Å². The van der Waals surface area contributed by atoms with Gasteiger partial charge in [0.2, 0.25) is 17.7 Å². The van der Waals surface area contributed by atoms with Crippen molar-refractivity contribution < 1.29 is 33.1 Å². The number of nitrogens with zero attached hydrogens (tertiary/aromatic N) is 2. The van der Waals surface area contributed by atoms with E-state index in [0.29, 0.717) is 23.8 Å². The van der Waals surface area contributed by atoms with Crippen molar-refractivity contribution in [1.29, 1.82) is 0 Å². The summed E-state index contributed by atoms with van der Waals surface area (Å²) < 4.78 is 10.3. The smallest absolute Gasteiger partial charge is 0.407 e. The fraction of sp³-hybridized carbons (Fsp3) is 0.344. The summed E-state index contributed by atoms with van der Waals surface area (Å²) in [5.41, 5.74) is 11.9. The highest BCUT2D eigenvalue weighted by molar-refractivity contribution is 6.08. The average Bonchev–Trinajstić information content (AvgIpc) is 3.54. The first-order chi connectivity index (χ1) is 22.5. The molecule has 1 aromatic heterocycles. The lowest BCUT2D eigenvalue weighted by Gasteiger charge is -2.26. The first kappa shape index (κ1) is 34.1. The number of imide groups is 1. The fourth-order valence-corrected chi connectivity index (χ4v) is 5.14. The molecule has 1 aliphatic rings. The van der Waals surface area contributed by atoms with Gasteiger partial charge >= 0.3 is 11.7 Å². The van der Waals surface area contributed by atoms with Gasteiger partial charge in [0.25, 0.3) is 5.91 Å². The number of aliphatic imine (C=N–C) groups is 1. The minimum atomic E-state index is -1.18. The van der Waals surface area contributed by atoms with E-state index in [-0.39, 0.29) is 56.2 Å². The lowest BCUT2D eigenvalue weighted by Crippen LogP contribution is -2.54. The Hall–Kier alpha value is -5.73. The van der Waals surface area contributed by atoms with Crippen LogP contribution >= 0.6 is 0 Å². The molecule has 3 aromatic rings. The van der Waals surface area contributed by atoms with Gasteiger partial charge < -0.3 is 36.2 Å². The van der Waals surface area contributed by atoms with E-state index >= 15 is 0 Å². The predicted octanol–water partition coefficient (Wildman–Crippen LogP) is 0.814. The number of benzene rings is 2. The van der Waals surface area contributed by atoms with Crippen LogP contribution in [0.25, 0.3) is 11.0 Å². The largest absolute Gasteiger partial charge is 0.445 e. The van der Waals surface area contributed by atoms with Crippen LogP contribution < -0.4 is 33.0 Å². The number of fused-ring (bicyclic) bond motifs is 1. The molecule has 0 spiro atoms. The van der Waals surface area contributed by atoms with Gasteiger partial charge in [0.15, 0.2) is 5.96 Å². The van der Waals surface area contributed by atoms with Gasteiger partial charge in [-0.1, -0.05) is 36.4 Å². The quantitative estimate of drug-likeness (QED) is 0.0804. The van der Waals surface area contributed by atoms with Crippen LogP contribution in [-0.4, -0.2) is 72.3 Å². The first-order valence-electron chi connectivity index (χ1n) is 15.0. The highest BCUT2D eigenvalue weighted by Gasteiger charge is 2.36. The normalized spacial score (nSPS) is 14.6. The number of guanidine groups is 1. The van der Waals surface area contributed by atoms with Crippen molar-refractivity contribution in [1.82, 2.24) is 20.9 Å². The highest BCUT2D eigenvalue weighted by atomic mass is 16.5. The zero-order valence-corrected chi connectivity index (χ0v) is 25.8. The summed E-state index contributed by atoms with van der Waals surface area (Å²) in [5.74, 6) is -2.80. The minimum absolute atomic E-state index is 0.0295. The summed E-state index contributed by atoms with van der Waals surface area (Å²) in [4.78, 5) is 81.8. The highest BCUT2D eigenvalue weighted by Crippen LogP contribution is 2.19. The molecule has 0 radical (unpaired) electrons. The standard InChI is InChI=1S/C32H37N7O8/c1-19-15-27(41)47-25-16-21(11-12-22(19)25)28(42)38-29(43)23(9-5-13-35-31(33)34)37-30(44)24-10-6-14-39(24)26(40)17-36-32(45)46-18-20-7-3-2-4-8-20/h2-4,7-8,11-12,15-16,23-24H,5-6,9-10,13-14,17-18H2,1H3,(H,36,45)(H,37,44)(H4,33,34,35)(H,38,42,43)/t23-,24-/m0/s1. The van der Waals surface area contributed by atoms with Gasteiger partial charge in [-0.15, -0.1) is 0 Å². The Morgan fingerprint density at radius 1 is 1.09 bits per heavy atom. The topological polar surface area (TPSA) is 229 Å². The molecule has 2 aromatic carbocycles. The molecule has 15 nitrogen and oxygen atoms in total. The van der Waals surface area contributed by atoms with Gasteiger partial charge in [0.1, 0.15) is 30.8 Å². The van der Waals surface area contributed by atoms with Crippen molar-refractivity contribution in [3.63, 3.8) is 0 Å². The third-order valence-electron chi connectivity index (χ3n) is 7.50. The van der Waals surface area contributed by atoms with Crippen molar-refractivity contribution in [3.05, 3.63) is 81.7 Å². The number of carbonyl (C=O) groups excluding carboxylic acids is 5. The SMILES string of the molecule is Cc1cc(=O)oc2cc(C(=O)NC(=O)[C@H](CCCN=C(N)N)NC(=O)[C@@H]3CCCN3C(=O)CNC(=O)OCc3ccccc3)ccc12. The summed E-state index contributed by atoms with van der Waals surface area (Å²) in [6.45, 7) is 1.81. The van der Waals surface area contributed by atoms with Gasteiger partial charge in [-0.2, -0.15) is 0 Å². The Bertz CT molecular complexity index is 1720. The Kier molecular flexibility index (Phi) is 11.6. The lowest BCUT2D eigenvalue weighted by molar-refractivity contribution is -0.138. The number of alkyl carbamates (subject to hydrolysis) is 1. The molecular formula is C32H37N7O8. The number of nitrogens with one attached hydrogen (secondary N) is 3. The van der Waals surface area contributed by atoms with Crippen LogP contribution in [0.15, 0.2) is 68.8 Å². The first-order valence-corrected chi connectivity index (χ1v) is 15.0. The number of likely N-dealkylation sites (tertiary alicyclic amines) is 1. The van der Waals surface area contributed by atoms with E-state index in [0.717, 1.165) is 5.56 Å². The van der Waals surface area contributed by atoms with E-state index in [9.17, 15) is 28.8 Å². The molecule has 4 rings (SSSR count). The summed E-state index contributed by atoms with van der Waals surface area (Å²) in [5, 5.41) is 7.98. The van der Waals surface area contributed by atoms with Crippen LogP contribution in [0, 0.1) is 6.92 Å². The zero-order valence-electron chi connectivity index (χ0n) is 25.8. The summed E-state index contributed by atoms with van der Waals surface area (Å²) in [6.07, 6.45) is 0.433. The van der Waals surface area contributed by atoms with E-state index in [2.05, 4.69) is 20.9 Å². The van der Waals surface area contributed by atoms with E-state index < -0.39 is 47.4 Å². The van der Waals surface area contributed by atoms with E-state index in [1.807, 2.05) is 18.2 Å². The maximum absolute atomic E-state index is 13.4. The lowest BCUT2D eigenvalue weighted by atomic mass is 10.1. The second kappa shape index (κ2) is 16.0. The Morgan fingerprint density at radius 2 is 1.85 bits per heavy atom. The number of hydrogen-bond acceptors (Lipinski definition) is 9. The molecule has 1 fully saturated rings. The van der Waals surface area contributed by atoms with Gasteiger partial charge in [0, 0.05) is 30.1 Å². The van der Waals surface area contributed by atoms with Gasteiger partial charge in [-0.3, -0.25) is 29.5 Å². The molecule has 248 valence electrons. The number of rotatable bonds is 12. The third-order valence-corrected chi connectivity index (χ3v) is 7.50. The Balaban J connectivity index is 1.38. The zero-order chi connectivity index (χ0) is 33.9. The van der Waals surface area contributed by atoms with Crippen LogP contribution in [0.3, 0.4) is 0 Å². The average molecular weight is 648 g/mol. The van der Waals surface area contributed by atoms with Crippen LogP contribution in [0.5, 0.6) is 0 Å². The molecular weight excluding hydrogens is 610 g/mol. The van der Waals surface area contributed by atoms with Gasteiger partial charge in [-0.05, 0) is 55.9 Å². The van der Waals surface area contributed by atoms with Gasteiger partial charge in [-0.25, -0.2) is 9.59 Å². The minimum Gasteiger partial charge on any atom is -0.445 e. The van der Waals surface area contributed by atoms with Crippen LogP contribution in [0.2, 0.25) is 0 Å². The number of nitrogens with two attached hydrogens (primary N) is 2. The van der Waals surface area contributed by atoms with Crippen molar-refractivity contribution in [3.8, 4) is 0 Å². The van der Waals surface area contributed by atoms with Crippen molar-refractivity contribution in [2.24, 2.45) is 16.5 Å². The van der Waals surface area contributed by atoms with Crippen LogP contribution in [0.1, 0.15) is 47.2 Å². The monoisotopic (exact) mass is 647 g/mol. The van der Waals surface area contributed by atoms with Crippen LogP contribution in [-0.2, 0) is 25.7 Å². The number of aryl methyl sites for hydroxylation is 1. The third kappa shape index (κ3) is 9.63. The van der Waals surface area contributed by atoms with Gasteiger partial charge in [0.05, 0.1) is 0 Å². The number of ether oxygens (including phenoxy) is 1. The summed E-state index contributed by atoms with van der Waals surface area (Å²) >= 11 is 0. The molecule has 0 bridgehead atoms. The molecule has 1 saturated heterocycles. The Labute approximate surface area is 269 Å². The molecule has 2 heterocycles. The molecule has 0 saturated carbocycles. The predicted molar refractivity (Wildman–Crippen MR) is 171 cm³/mol. The molecule has 0 unspecified atom stereocenters. The van der Waals surface area contributed by atoms with E-state index in [1.54, 1.807) is 25.1 Å². The molecule has 47 heavy (non-hydrogen) atoms. The van der Waals surface area contributed by atoms with E-state index in [4.69, 9.17) is 20.6 Å². The van der Waals surface area contributed by atoms with Crippen molar-refractivity contribution >= 4 is 46.7 Å². The molecule has 0 aliphatic carbocycles. The molecule has 15 heteroatoms. The fourth-order valence-electron chi connectivity index (χ4n) is 5.14. The second-order valence-corrected chi connectivity index (χ2v) is 10.9. The number of hydrogen-bond donors (Lipinski definition) is 5. The molecule has 2 atom stereocenters. The molecule has 1 aliphatic heterocycles. The molecule has 5 amide bonds. The summed E-state index contributed by atoms with van der Waals surface area (Å²) in [6, 6.07) is 12.7.